The maximum atomic E-state index is 13.3. The van der Waals surface area contributed by atoms with Crippen LogP contribution in [-0.2, 0) is 16.4 Å². The molecule has 1 saturated heterocycles. The number of hydrogen-bond acceptors (Lipinski definition) is 6. The van der Waals surface area contributed by atoms with E-state index in [4.69, 9.17) is 9.97 Å². The molecule has 1 atom stereocenters. The normalized spacial score (nSPS) is 16.1. The standard InChI is InChI=1S/C28H30FN5O2S/c1-21(33-17-19-34(20-18-33)37(35,36)24-13-11-23(29)12-14-24)27-31-26-10-6-5-9-25(26)28(32-27)30-16-15-22-7-3-2-4-8-22/h2-14,21H,15-20H2,1H3,(H,30,31,32)/t21-/m1/s1. The van der Waals surface area contributed by atoms with Gasteiger partial charge in [-0.05, 0) is 55.3 Å². The van der Waals surface area contributed by atoms with Gasteiger partial charge in [-0.25, -0.2) is 22.8 Å². The molecule has 1 aromatic heterocycles. The van der Waals surface area contributed by atoms with E-state index in [1.807, 2.05) is 42.5 Å². The van der Waals surface area contributed by atoms with Crippen LogP contribution in [0, 0.1) is 5.82 Å². The van der Waals surface area contributed by atoms with E-state index in [1.165, 1.54) is 34.1 Å². The lowest BCUT2D eigenvalue weighted by Gasteiger charge is -2.36. The number of fused-ring (bicyclic) bond motifs is 1. The molecular formula is C28H30FN5O2S. The minimum Gasteiger partial charge on any atom is -0.369 e. The van der Waals surface area contributed by atoms with Gasteiger partial charge in [0.2, 0.25) is 10.0 Å². The van der Waals surface area contributed by atoms with Crippen LogP contribution in [-0.4, -0.2) is 60.3 Å². The summed E-state index contributed by atoms with van der Waals surface area (Å²) in [6.45, 7) is 4.60. The first-order chi connectivity index (χ1) is 17.9. The Kier molecular flexibility index (Phi) is 7.45. The average molecular weight is 520 g/mol. The lowest BCUT2D eigenvalue weighted by Crippen LogP contribution is -2.49. The highest BCUT2D eigenvalue weighted by atomic mass is 32.2. The van der Waals surface area contributed by atoms with E-state index in [0.717, 1.165) is 29.7 Å². The van der Waals surface area contributed by atoms with Gasteiger partial charge in [0.15, 0.2) is 0 Å². The van der Waals surface area contributed by atoms with Crippen LogP contribution in [0.3, 0.4) is 0 Å². The van der Waals surface area contributed by atoms with Gasteiger partial charge in [0.25, 0.3) is 0 Å². The molecule has 0 spiro atoms. The Bertz CT molecular complexity index is 1460. The molecule has 3 aromatic carbocycles. The lowest BCUT2D eigenvalue weighted by molar-refractivity contribution is 0.141. The Morgan fingerprint density at radius 1 is 0.892 bits per heavy atom. The van der Waals surface area contributed by atoms with E-state index in [0.29, 0.717) is 32.0 Å². The molecular weight excluding hydrogens is 489 g/mol. The number of benzene rings is 3. The lowest BCUT2D eigenvalue weighted by atomic mass is 10.1. The van der Waals surface area contributed by atoms with Crippen LogP contribution in [0.2, 0.25) is 0 Å². The average Bonchev–Trinajstić information content (AvgIpc) is 2.93. The Labute approximate surface area is 217 Å². The molecule has 0 saturated carbocycles. The fourth-order valence-electron chi connectivity index (χ4n) is 4.64. The molecule has 0 amide bonds. The summed E-state index contributed by atoms with van der Waals surface area (Å²) in [7, 11) is -3.66. The second kappa shape index (κ2) is 10.9. The third-order valence-electron chi connectivity index (χ3n) is 6.82. The van der Waals surface area contributed by atoms with Crippen LogP contribution in [0.4, 0.5) is 10.2 Å². The topological polar surface area (TPSA) is 78.4 Å². The number of anilines is 1. The maximum Gasteiger partial charge on any atom is 0.243 e. The molecule has 1 fully saturated rings. The van der Waals surface area contributed by atoms with Gasteiger partial charge in [-0.15, -0.1) is 0 Å². The molecule has 0 aliphatic carbocycles. The van der Waals surface area contributed by atoms with E-state index in [9.17, 15) is 12.8 Å². The van der Waals surface area contributed by atoms with Gasteiger partial charge in [0.1, 0.15) is 17.5 Å². The van der Waals surface area contributed by atoms with Crippen molar-refractivity contribution in [1.82, 2.24) is 19.2 Å². The van der Waals surface area contributed by atoms with Gasteiger partial charge in [0.05, 0.1) is 16.5 Å². The second-order valence-electron chi connectivity index (χ2n) is 9.18. The molecule has 5 rings (SSSR count). The van der Waals surface area contributed by atoms with Crippen molar-refractivity contribution in [3.63, 3.8) is 0 Å². The summed E-state index contributed by atoms with van der Waals surface area (Å²) < 4.78 is 40.7. The summed E-state index contributed by atoms with van der Waals surface area (Å²) in [6, 6.07) is 23.2. The SMILES string of the molecule is C[C@H](c1nc(NCCc2ccccc2)c2ccccc2n1)N1CCN(S(=O)(=O)c2ccc(F)cc2)CC1. The van der Waals surface area contributed by atoms with Crippen molar-refractivity contribution in [2.45, 2.75) is 24.3 Å². The number of halogens is 1. The Morgan fingerprint density at radius 2 is 1.57 bits per heavy atom. The number of para-hydroxylation sites is 1. The zero-order valence-electron chi connectivity index (χ0n) is 20.7. The highest BCUT2D eigenvalue weighted by Gasteiger charge is 2.31. The summed E-state index contributed by atoms with van der Waals surface area (Å²) in [5.41, 5.74) is 2.13. The summed E-state index contributed by atoms with van der Waals surface area (Å²) in [4.78, 5) is 12.1. The molecule has 0 unspecified atom stereocenters. The van der Waals surface area contributed by atoms with Crippen molar-refractivity contribution < 1.29 is 12.8 Å². The Hall–Kier alpha value is -3.40. The second-order valence-corrected chi connectivity index (χ2v) is 11.1. The first kappa shape index (κ1) is 25.3. The first-order valence-electron chi connectivity index (χ1n) is 12.5. The fraction of sp³-hybridized carbons (Fsp3) is 0.286. The molecule has 1 aliphatic heterocycles. The minimum absolute atomic E-state index is 0.0880. The zero-order chi connectivity index (χ0) is 25.8. The summed E-state index contributed by atoms with van der Waals surface area (Å²) in [5.74, 6) is 1.05. The third kappa shape index (κ3) is 5.64. The van der Waals surface area contributed by atoms with E-state index < -0.39 is 15.8 Å². The molecule has 0 radical (unpaired) electrons. The summed E-state index contributed by atoms with van der Waals surface area (Å²) >= 11 is 0. The number of hydrogen-bond donors (Lipinski definition) is 1. The van der Waals surface area contributed by atoms with E-state index >= 15 is 0 Å². The Morgan fingerprint density at radius 3 is 2.30 bits per heavy atom. The number of aromatic nitrogens is 2. The molecule has 7 nitrogen and oxygen atoms in total. The minimum atomic E-state index is -3.66. The molecule has 9 heteroatoms. The number of nitrogens with one attached hydrogen (secondary N) is 1. The number of sulfonamides is 1. The van der Waals surface area contributed by atoms with E-state index in [-0.39, 0.29) is 10.9 Å². The molecule has 4 aromatic rings. The maximum absolute atomic E-state index is 13.3. The molecule has 192 valence electrons. The van der Waals surface area contributed by atoms with Gasteiger partial charge in [-0.1, -0.05) is 42.5 Å². The van der Waals surface area contributed by atoms with Crippen molar-refractivity contribution >= 4 is 26.7 Å². The molecule has 0 bridgehead atoms. The van der Waals surface area contributed by atoms with Crippen LogP contribution < -0.4 is 5.32 Å². The predicted octanol–water partition coefficient (Wildman–Crippen LogP) is 4.49. The van der Waals surface area contributed by atoms with E-state index in [2.05, 4.69) is 29.3 Å². The van der Waals surface area contributed by atoms with Crippen LogP contribution in [0.25, 0.3) is 10.9 Å². The van der Waals surface area contributed by atoms with Crippen molar-refractivity contribution in [1.29, 1.82) is 0 Å². The number of rotatable bonds is 8. The predicted molar refractivity (Wildman–Crippen MR) is 143 cm³/mol. The zero-order valence-corrected chi connectivity index (χ0v) is 21.5. The molecule has 1 aliphatic rings. The monoisotopic (exact) mass is 519 g/mol. The molecule has 37 heavy (non-hydrogen) atoms. The number of nitrogens with zero attached hydrogens (tertiary/aromatic N) is 4. The quantitative estimate of drug-likeness (QED) is 0.370. The Balaban J connectivity index is 1.29. The van der Waals surface area contributed by atoms with Crippen LogP contribution in [0.15, 0.2) is 83.8 Å². The van der Waals surface area contributed by atoms with Crippen molar-refractivity contribution in [2.75, 3.05) is 38.0 Å². The highest BCUT2D eigenvalue weighted by molar-refractivity contribution is 7.89. The molecule has 2 heterocycles. The van der Waals surface area contributed by atoms with E-state index in [1.54, 1.807) is 0 Å². The van der Waals surface area contributed by atoms with Crippen molar-refractivity contribution in [3.8, 4) is 0 Å². The van der Waals surface area contributed by atoms with Gasteiger partial charge < -0.3 is 5.32 Å². The van der Waals surface area contributed by atoms with Crippen LogP contribution in [0.5, 0.6) is 0 Å². The highest BCUT2D eigenvalue weighted by Crippen LogP contribution is 2.27. The summed E-state index contributed by atoms with van der Waals surface area (Å²) in [6.07, 6.45) is 0.883. The van der Waals surface area contributed by atoms with Crippen LogP contribution >= 0.6 is 0 Å². The fourth-order valence-corrected chi connectivity index (χ4v) is 6.06. The summed E-state index contributed by atoms with van der Waals surface area (Å²) in [5, 5.41) is 4.47. The van der Waals surface area contributed by atoms with Gasteiger partial charge in [-0.2, -0.15) is 4.31 Å². The van der Waals surface area contributed by atoms with Crippen molar-refractivity contribution in [2.24, 2.45) is 0 Å². The van der Waals surface area contributed by atoms with Crippen molar-refractivity contribution in [3.05, 3.63) is 96.1 Å². The smallest absolute Gasteiger partial charge is 0.243 e. The van der Waals surface area contributed by atoms with Gasteiger partial charge in [-0.3, -0.25) is 4.90 Å². The van der Waals surface area contributed by atoms with Crippen LogP contribution in [0.1, 0.15) is 24.4 Å². The first-order valence-corrected chi connectivity index (χ1v) is 13.9. The number of piperazine rings is 1. The third-order valence-corrected chi connectivity index (χ3v) is 8.73. The largest absolute Gasteiger partial charge is 0.369 e. The van der Waals surface area contributed by atoms with Gasteiger partial charge in [0, 0.05) is 38.1 Å². The molecule has 1 N–H and O–H groups in total. The van der Waals surface area contributed by atoms with Gasteiger partial charge >= 0.3 is 0 Å².